The van der Waals surface area contributed by atoms with Crippen LogP contribution < -0.4 is 0 Å². The zero-order valence-electron chi connectivity index (χ0n) is 17.1. The Labute approximate surface area is 171 Å². The van der Waals surface area contributed by atoms with E-state index < -0.39 is 12.0 Å². The molecule has 0 unspecified atom stereocenters. The second kappa shape index (κ2) is 9.92. The standard InChI is InChI=1S/C24H31F3O2/c1-29-16-2-3-17-4-6-18(7-5-17)19-8-10-20(11-9-19)21-12-14-22(15-13-21)23(28)24(25,26)27/h2-3,12-15,17-20H,4-11,16H2,1H3/b3-2+/t17-,18-,19?,20?. The van der Waals surface area contributed by atoms with E-state index in [9.17, 15) is 18.0 Å². The summed E-state index contributed by atoms with van der Waals surface area (Å²) in [6, 6.07) is 6.08. The third kappa shape index (κ3) is 5.94. The van der Waals surface area contributed by atoms with E-state index >= 15 is 0 Å². The zero-order chi connectivity index (χ0) is 20.9. The number of carbonyl (C=O) groups is 1. The van der Waals surface area contributed by atoms with Crippen molar-refractivity contribution in [1.82, 2.24) is 0 Å². The van der Waals surface area contributed by atoms with Crippen molar-refractivity contribution in [2.24, 2.45) is 17.8 Å². The molecule has 2 fully saturated rings. The molecule has 1 aromatic rings. The van der Waals surface area contributed by atoms with Crippen LogP contribution >= 0.6 is 0 Å². The summed E-state index contributed by atoms with van der Waals surface area (Å²) in [5.41, 5.74) is 0.792. The maximum atomic E-state index is 12.6. The molecule has 2 saturated carbocycles. The minimum atomic E-state index is -4.81. The fourth-order valence-corrected chi connectivity index (χ4v) is 5.15. The van der Waals surface area contributed by atoms with Gasteiger partial charge in [0.2, 0.25) is 0 Å². The highest BCUT2D eigenvalue weighted by Crippen LogP contribution is 2.44. The molecule has 2 aliphatic carbocycles. The summed E-state index contributed by atoms with van der Waals surface area (Å²) in [7, 11) is 1.72. The predicted octanol–water partition coefficient (Wildman–Crippen LogP) is 6.71. The summed E-state index contributed by atoms with van der Waals surface area (Å²) in [4.78, 5) is 11.3. The number of carbonyl (C=O) groups excluding carboxylic acids is 1. The molecule has 0 heterocycles. The molecule has 1 aromatic carbocycles. The minimum Gasteiger partial charge on any atom is -0.381 e. The number of hydrogen-bond donors (Lipinski definition) is 0. The summed E-state index contributed by atoms with van der Waals surface area (Å²) in [6.45, 7) is 0.690. The summed E-state index contributed by atoms with van der Waals surface area (Å²) in [6.07, 6.45) is 9.32. The van der Waals surface area contributed by atoms with Crippen molar-refractivity contribution < 1.29 is 22.7 Å². The van der Waals surface area contributed by atoms with E-state index in [0.717, 1.165) is 30.2 Å². The van der Waals surface area contributed by atoms with Crippen LogP contribution in [0.5, 0.6) is 0 Å². The minimum absolute atomic E-state index is 0.272. The first-order valence-corrected chi connectivity index (χ1v) is 10.8. The van der Waals surface area contributed by atoms with Crippen LogP contribution in [0.3, 0.4) is 0 Å². The molecule has 0 radical (unpaired) electrons. The van der Waals surface area contributed by atoms with E-state index in [2.05, 4.69) is 12.2 Å². The molecular weight excluding hydrogens is 377 g/mol. The van der Waals surface area contributed by atoms with Gasteiger partial charge in [-0.1, -0.05) is 36.4 Å². The van der Waals surface area contributed by atoms with Crippen LogP contribution in [0.15, 0.2) is 36.4 Å². The van der Waals surface area contributed by atoms with E-state index in [0.29, 0.717) is 18.4 Å². The van der Waals surface area contributed by atoms with E-state index in [1.807, 2.05) is 0 Å². The third-order valence-corrected chi connectivity index (χ3v) is 6.83. The van der Waals surface area contributed by atoms with E-state index in [1.54, 1.807) is 19.2 Å². The van der Waals surface area contributed by atoms with Crippen molar-refractivity contribution in [3.8, 4) is 0 Å². The van der Waals surface area contributed by atoms with Crippen molar-refractivity contribution in [3.05, 3.63) is 47.5 Å². The smallest absolute Gasteiger partial charge is 0.381 e. The van der Waals surface area contributed by atoms with Crippen molar-refractivity contribution in [2.45, 2.75) is 63.5 Å². The lowest BCUT2D eigenvalue weighted by atomic mass is 9.68. The lowest BCUT2D eigenvalue weighted by Gasteiger charge is -2.37. The van der Waals surface area contributed by atoms with Crippen molar-refractivity contribution in [3.63, 3.8) is 0 Å². The Hall–Kier alpha value is -1.62. The molecule has 160 valence electrons. The summed E-state index contributed by atoms with van der Waals surface area (Å²) in [5.74, 6) is 0.918. The molecule has 0 amide bonds. The van der Waals surface area contributed by atoms with Crippen LogP contribution in [0.4, 0.5) is 13.2 Å². The average molecular weight is 409 g/mol. The predicted molar refractivity (Wildman–Crippen MR) is 108 cm³/mol. The molecule has 0 aliphatic heterocycles. The molecule has 0 spiro atoms. The number of rotatable bonds is 6. The number of ether oxygens (including phenoxy) is 1. The van der Waals surface area contributed by atoms with E-state index in [1.165, 1.54) is 50.7 Å². The van der Waals surface area contributed by atoms with Crippen LogP contribution in [0.1, 0.15) is 73.2 Å². The summed E-state index contributed by atoms with van der Waals surface area (Å²) < 4.78 is 42.7. The molecule has 0 aromatic heterocycles. The Kier molecular flexibility index (Phi) is 7.55. The summed E-state index contributed by atoms with van der Waals surface area (Å²) in [5, 5.41) is 0. The lowest BCUT2D eigenvalue weighted by Crippen LogP contribution is -2.25. The number of ketones is 1. The van der Waals surface area contributed by atoms with Crippen LogP contribution in [0.25, 0.3) is 0 Å². The number of Topliss-reactive ketones (excluding diaryl/α,β-unsaturated/α-hetero) is 1. The highest BCUT2D eigenvalue weighted by molar-refractivity contribution is 6.00. The SMILES string of the molecule is COC/C=C/[C@H]1CC[C@H](C2CCC(c3ccc(C(=O)C(F)(F)F)cc3)CC2)CC1. The fraction of sp³-hybridized carbons (Fsp3) is 0.625. The number of alkyl halides is 3. The Morgan fingerprint density at radius 2 is 1.52 bits per heavy atom. The van der Waals surface area contributed by atoms with Gasteiger partial charge in [0.15, 0.2) is 0 Å². The Morgan fingerprint density at radius 1 is 0.966 bits per heavy atom. The van der Waals surface area contributed by atoms with E-state index in [-0.39, 0.29) is 5.56 Å². The quantitative estimate of drug-likeness (QED) is 0.386. The van der Waals surface area contributed by atoms with Gasteiger partial charge in [-0.2, -0.15) is 13.2 Å². The molecular formula is C24H31F3O2. The normalized spacial score (nSPS) is 28.6. The highest BCUT2D eigenvalue weighted by Gasteiger charge is 2.39. The molecule has 3 rings (SSSR count). The maximum absolute atomic E-state index is 12.6. The van der Waals surface area contributed by atoms with Crippen molar-refractivity contribution in [2.75, 3.05) is 13.7 Å². The van der Waals surface area contributed by atoms with Gasteiger partial charge in [-0.25, -0.2) is 0 Å². The Balaban J connectivity index is 1.47. The Morgan fingerprint density at radius 3 is 2.03 bits per heavy atom. The number of allylic oxidation sites excluding steroid dienone is 1. The van der Waals surface area contributed by atoms with Crippen LogP contribution in [0.2, 0.25) is 0 Å². The first-order chi connectivity index (χ1) is 13.9. The van der Waals surface area contributed by atoms with Gasteiger partial charge in [-0.3, -0.25) is 4.79 Å². The highest BCUT2D eigenvalue weighted by atomic mass is 19.4. The van der Waals surface area contributed by atoms with Gasteiger partial charge in [0.1, 0.15) is 0 Å². The van der Waals surface area contributed by atoms with E-state index in [4.69, 9.17) is 4.74 Å². The summed E-state index contributed by atoms with van der Waals surface area (Å²) >= 11 is 0. The lowest BCUT2D eigenvalue weighted by molar-refractivity contribution is -0.0885. The molecule has 0 N–H and O–H groups in total. The van der Waals surface area contributed by atoms with Gasteiger partial charge in [0, 0.05) is 12.7 Å². The largest absolute Gasteiger partial charge is 0.454 e. The molecule has 2 aliphatic rings. The van der Waals surface area contributed by atoms with Crippen molar-refractivity contribution >= 4 is 5.78 Å². The second-order valence-corrected chi connectivity index (χ2v) is 8.62. The monoisotopic (exact) mass is 408 g/mol. The Bertz CT molecular complexity index is 677. The number of benzene rings is 1. The molecule has 0 atom stereocenters. The van der Waals surface area contributed by atoms with Crippen LogP contribution in [-0.2, 0) is 4.74 Å². The van der Waals surface area contributed by atoms with Gasteiger partial charge in [-0.15, -0.1) is 0 Å². The first-order valence-electron chi connectivity index (χ1n) is 10.8. The maximum Gasteiger partial charge on any atom is 0.454 e. The number of halogens is 3. The van der Waals surface area contributed by atoms with Crippen molar-refractivity contribution in [1.29, 1.82) is 0 Å². The fourth-order valence-electron chi connectivity index (χ4n) is 5.15. The molecule has 5 heteroatoms. The molecule has 29 heavy (non-hydrogen) atoms. The number of methoxy groups -OCH3 is 1. The van der Waals surface area contributed by atoms with Gasteiger partial charge in [0.05, 0.1) is 6.61 Å². The van der Waals surface area contributed by atoms with Gasteiger partial charge >= 0.3 is 6.18 Å². The van der Waals surface area contributed by atoms with Gasteiger partial charge < -0.3 is 4.74 Å². The molecule has 2 nitrogen and oxygen atoms in total. The van der Waals surface area contributed by atoms with Gasteiger partial charge in [-0.05, 0) is 80.6 Å². The number of hydrogen-bond acceptors (Lipinski definition) is 2. The topological polar surface area (TPSA) is 26.3 Å². The van der Waals surface area contributed by atoms with Crippen LogP contribution in [0, 0.1) is 17.8 Å². The zero-order valence-corrected chi connectivity index (χ0v) is 17.1. The first kappa shape index (κ1) is 22.1. The molecule has 0 saturated heterocycles. The van der Waals surface area contributed by atoms with Gasteiger partial charge in [0.25, 0.3) is 5.78 Å². The third-order valence-electron chi connectivity index (χ3n) is 6.83. The average Bonchev–Trinajstić information content (AvgIpc) is 2.73. The van der Waals surface area contributed by atoms with Crippen LogP contribution in [-0.4, -0.2) is 25.7 Å². The molecule has 0 bridgehead atoms. The second-order valence-electron chi connectivity index (χ2n) is 8.62.